The van der Waals surface area contributed by atoms with E-state index < -0.39 is 6.04 Å². The minimum Gasteiger partial charge on any atom is -0.496 e. The molecule has 0 heterocycles. The zero-order valence-electron chi connectivity index (χ0n) is 18.5. The van der Waals surface area contributed by atoms with E-state index in [0.717, 1.165) is 10.0 Å². The summed E-state index contributed by atoms with van der Waals surface area (Å²) in [5.74, 6) is 1.02. The SMILES string of the molecule is COc1cc(OC)cc(OCC(=O)N(Cc2ccc(Br)cc2)[C@H](C)C(=O)NC(C)C)c1. The zero-order chi connectivity index (χ0) is 23.0. The van der Waals surface area contributed by atoms with E-state index in [9.17, 15) is 9.59 Å². The van der Waals surface area contributed by atoms with Crippen LogP contribution < -0.4 is 19.5 Å². The van der Waals surface area contributed by atoms with Crippen molar-refractivity contribution in [1.29, 1.82) is 0 Å². The second-order valence-electron chi connectivity index (χ2n) is 7.32. The standard InChI is InChI=1S/C23H29BrN2O5/c1-15(2)25-23(28)16(3)26(13-17-6-8-18(24)9-7-17)22(27)14-31-21-11-19(29-4)10-20(12-21)30-5/h6-12,15-16H,13-14H2,1-5H3,(H,25,28)/t16-/m1/s1. The van der Waals surface area contributed by atoms with Gasteiger partial charge in [-0.15, -0.1) is 0 Å². The van der Waals surface area contributed by atoms with Gasteiger partial charge in [0, 0.05) is 35.3 Å². The molecule has 2 aromatic carbocycles. The number of ether oxygens (including phenoxy) is 3. The van der Waals surface area contributed by atoms with Crippen molar-refractivity contribution < 1.29 is 23.8 Å². The molecule has 0 fully saturated rings. The Labute approximate surface area is 191 Å². The number of rotatable bonds is 10. The van der Waals surface area contributed by atoms with E-state index in [1.54, 1.807) is 39.3 Å². The lowest BCUT2D eigenvalue weighted by Gasteiger charge is -2.29. The number of nitrogens with one attached hydrogen (secondary N) is 1. The van der Waals surface area contributed by atoms with Crippen LogP contribution >= 0.6 is 15.9 Å². The molecule has 0 aromatic heterocycles. The van der Waals surface area contributed by atoms with E-state index in [4.69, 9.17) is 14.2 Å². The molecular weight excluding hydrogens is 464 g/mol. The van der Waals surface area contributed by atoms with Crippen molar-refractivity contribution in [3.63, 3.8) is 0 Å². The third kappa shape index (κ3) is 7.47. The van der Waals surface area contributed by atoms with E-state index in [1.807, 2.05) is 38.1 Å². The molecule has 2 aromatic rings. The topological polar surface area (TPSA) is 77.1 Å². The number of hydrogen-bond donors (Lipinski definition) is 1. The molecule has 0 spiro atoms. The van der Waals surface area contributed by atoms with Gasteiger partial charge in [0.25, 0.3) is 5.91 Å². The maximum atomic E-state index is 13.1. The molecule has 0 aliphatic heterocycles. The molecule has 2 amide bonds. The predicted octanol–water partition coefficient (Wildman–Crippen LogP) is 3.79. The third-order valence-corrected chi connectivity index (χ3v) is 5.08. The number of carbonyl (C=O) groups excluding carboxylic acids is 2. The van der Waals surface area contributed by atoms with Gasteiger partial charge < -0.3 is 24.4 Å². The highest BCUT2D eigenvalue weighted by molar-refractivity contribution is 9.10. The summed E-state index contributed by atoms with van der Waals surface area (Å²) in [6, 6.07) is 12.0. The molecular formula is C23H29BrN2O5. The molecule has 2 rings (SSSR count). The lowest BCUT2D eigenvalue weighted by molar-refractivity contribution is -0.142. The molecule has 7 nitrogen and oxygen atoms in total. The Morgan fingerprint density at radius 1 is 0.968 bits per heavy atom. The highest BCUT2D eigenvalue weighted by Gasteiger charge is 2.27. The molecule has 0 saturated heterocycles. The summed E-state index contributed by atoms with van der Waals surface area (Å²) in [6.07, 6.45) is 0. The number of hydrogen-bond acceptors (Lipinski definition) is 5. The Bertz CT molecular complexity index is 864. The zero-order valence-corrected chi connectivity index (χ0v) is 20.1. The molecule has 0 aliphatic carbocycles. The number of carbonyl (C=O) groups is 2. The second-order valence-corrected chi connectivity index (χ2v) is 8.24. The van der Waals surface area contributed by atoms with E-state index in [1.165, 1.54) is 4.90 Å². The smallest absolute Gasteiger partial charge is 0.261 e. The van der Waals surface area contributed by atoms with Crippen molar-refractivity contribution in [3.05, 3.63) is 52.5 Å². The average Bonchev–Trinajstić information content (AvgIpc) is 2.75. The molecule has 8 heteroatoms. The van der Waals surface area contributed by atoms with Gasteiger partial charge in [-0.3, -0.25) is 9.59 Å². The maximum Gasteiger partial charge on any atom is 0.261 e. The Balaban J connectivity index is 2.18. The summed E-state index contributed by atoms with van der Waals surface area (Å²) in [6.45, 7) is 5.52. The van der Waals surface area contributed by atoms with E-state index in [-0.39, 0.29) is 31.0 Å². The first kappa shape index (κ1) is 24.5. The molecule has 0 unspecified atom stereocenters. The van der Waals surface area contributed by atoms with Crippen LogP contribution in [0.2, 0.25) is 0 Å². The molecule has 0 bridgehead atoms. The number of benzene rings is 2. The van der Waals surface area contributed by atoms with Gasteiger partial charge in [0.05, 0.1) is 14.2 Å². The Morgan fingerprint density at radius 3 is 2.03 bits per heavy atom. The van der Waals surface area contributed by atoms with Crippen molar-refractivity contribution >= 4 is 27.7 Å². The van der Waals surface area contributed by atoms with Gasteiger partial charge in [0.15, 0.2) is 6.61 Å². The summed E-state index contributed by atoms with van der Waals surface area (Å²) in [5, 5.41) is 2.86. The van der Waals surface area contributed by atoms with Gasteiger partial charge in [-0.05, 0) is 38.5 Å². The number of methoxy groups -OCH3 is 2. The van der Waals surface area contributed by atoms with Gasteiger partial charge in [-0.25, -0.2) is 0 Å². The number of halogens is 1. The molecule has 0 aliphatic rings. The lowest BCUT2D eigenvalue weighted by Crippen LogP contribution is -2.50. The van der Waals surface area contributed by atoms with Crippen LogP contribution in [0, 0.1) is 0 Å². The van der Waals surface area contributed by atoms with Gasteiger partial charge >= 0.3 is 0 Å². The van der Waals surface area contributed by atoms with Gasteiger partial charge in [0.1, 0.15) is 23.3 Å². The van der Waals surface area contributed by atoms with Crippen LogP contribution in [0.1, 0.15) is 26.3 Å². The minimum absolute atomic E-state index is 0.0277. The molecule has 31 heavy (non-hydrogen) atoms. The quantitative estimate of drug-likeness (QED) is 0.545. The van der Waals surface area contributed by atoms with Crippen LogP contribution in [-0.2, 0) is 16.1 Å². The fourth-order valence-electron chi connectivity index (χ4n) is 2.87. The molecule has 0 saturated carbocycles. The highest BCUT2D eigenvalue weighted by Crippen LogP contribution is 2.27. The summed E-state index contributed by atoms with van der Waals surface area (Å²) in [7, 11) is 3.08. The number of amides is 2. The first-order valence-electron chi connectivity index (χ1n) is 9.93. The van der Waals surface area contributed by atoms with Gasteiger partial charge in [0.2, 0.25) is 5.91 Å². The highest BCUT2D eigenvalue weighted by atomic mass is 79.9. The van der Waals surface area contributed by atoms with Crippen molar-refractivity contribution in [2.24, 2.45) is 0 Å². The Kier molecular flexibility index (Phi) is 9.18. The van der Waals surface area contributed by atoms with Crippen LogP contribution in [0.5, 0.6) is 17.2 Å². The maximum absolute atomic E-state index is 13.1. The summed E-state index contributed by atoms with van der Waals surface area (Å²) < 4.78 is 17.1. The molecule has 1 atom stereocenters. The largest absolute Gasteiger partial charge is 0.496 e. The van der Waals surface area contributed by atoms with E-state index >= 15 is 0 Å². The van der Waals surface area contributed by atoms with Crippen molar-refractivity contribution in [3.8, 4) is 17.2 Å². The average molecular weight is 493 g/mol. The van der Waals surface area contributed by atoms with Crippen molar-refractivity contribution in [2.75, 3.05) is 20.8 Å². The third-order valence-electron chi connectivity index (χ3n) is 4.55. The van der Waals surface area contributed by atoms with Crippen molar-refractivity contribution in [2.45, 2.75) is 39.4 Å². The second kappa shape index (κ2) is 11.6. The normalized spacial score (nSPS) is 11.6. The van der Waals surface area contributed by atoms with Crippen LogP contribution in [0.4, 0.5) is 0 Å². The minimum atomic E-state index is -0.665. The van der Waals surface area contributed by atoms with E-state index in [0.29, 0.717) is 17.2 Å². The van der Waals surface area contributed by atoms with Crippen LogP contribution in [-0.4, -0.2) is 49.6 Å². The predicted molar refractivity (Wildman–Crippen MR) is 122 cm³/mol. The Hall–Kier alpha value is -2.74. The molecule has 168 valence electrons. The molecule has 1 N–H and O–H groups in total. The summed E-state index contributed by atoms with van der Waals surface area (Å²) in [5.41, 5.74) is 0.906. The summed E-state index contributed by atoms with van der Waals surface area (Å²) >= 11 is 3.41. The Morgan fingerprint density at radius 2 is 1.52 bits per heavy atom. The van der Waals surface area contributed by atoms with Crippen LogP contribution in [0.3, 0.4) is 0 Å². The first-order valence-corrected chi connectivity index (χ1v) is 10.7. The lowest BCUT2D eigenvalue weighted by atomic mass is 10.1. The van der Waals surface area contributed by atoms with Crippen LogP contribution in [0.25, 0.3) is 0 Å². The fourth-order valence-corrected chi connectivity index (χ4v) is 3.13. The van der Waals surface area contributed by atoms with Crippen LogP contribution in [0.15, 0.2) is 46.9 Å². The number of nitrogens with zero attached hydrogens (tertiary/aromatic N) is 1. The summed E-state index contributed by atoms with van der Waals surface area (Å²) in [4.78, 5) is 27.2. The molecule has 0 radical (unpaired) electrons. The van der Waals surface area contributed by atoms with E-state index in [2.05, 4.69) is 21.2 Å². The fraction of sp³-hybridized carbons (Fsp3) is 0.391. The monoisotopic (exact) mass is 492 g/mol. The van der Waals surface area contributed by atoms with Gasteiger partial charge in [-0.2, -0.15) is 0 Å². The van der Waals surface area contributed by atoms with Crippen molar-refractivity contribution in [1.82, 2.24) is 10.2 Å². The first-order chi connectivity index (χ1) is 14.7. The van der Waals surface area contributed by atoms with Gasteiger partial charge in [-0.1, -0.05) is 28.1 Å².